The van der Waals surface area contributed by atoms with Crippen LogP contribution in [0.1, 0.15) is 52.9 Å². The number of halogens is 3. The topological polar surface area (TPSA) is 80.7 Å². The molecule has 1 heterocycles. The maximum atomic E-state index is 17.4. The average Bonchev–Trinajstić information content (AvgIpc) is 3.45. The first kappa shape index (κ1) is 27.3. The van der Waals surface area contributed by atoms with Gasteiger partial charge in [0.2, 0.25) is 5.12 Å². The summed E-state index contributed by atoms with van der Waals surface area (Å²) in [4.78, 5) is 39.0. The lowest BCUT2D eigenvalue weighted by molar-refractivity contribution is -0.228. The van der Waals surface area contributed by atoms with E-state index in [2.05, 4.69) is 0 Å². The van der Waals surface area contributed by atoms with Gasteiger partial charge in [-0.3, -0.25) is 14.4 Å². The van der Waals surface area contributed by atoms with Crippen molar-refractivity contribution in [2.75, 3.05) is 11.8 Å². The van der Waals surface area contributed by atoms with Crippen LogP contribution in [0.2, 0.25) is 0 Å². The molecule has 0 amide bonds. The Morgan fingerprint density at radius 3 is 2.65 bits per heavy atom. The van der Waals surface area contributed by atoms with E-state index < -0.39 is 80.3 Å². The molecular formula is C27H33F3O5S2. The fourth-order valence-electron chi connectivity index (χ4n) is 8.36. The summed E-state index contributed by atoms with van der Waals surface area (Å²) in [6, 6.07) is -1.01. The van der Waals surface area contributed by atoms with Gasteiger partial charge in [-0.2, -0.15) is 0 Å². The van der Waals surface area contributed by atoms with E-state index in [-0.39, 0.29) is 24.8 Å². The third-order valence-corrected chi connectivity index (χ3v) is 12.1. The highest BCUT2D eigenvalue weighted by atomic mass is 32.2. The van der Waals surface area contributed by atoms with Gasteiger partial charge in [0.05, 0.1) is 6.10 Å². The zero-order chi connectivity index (χ0) is 27.0. The first-order chi connectivity index (χ1) is 17.4. The summed E-state index contributed by atoms with van der Waals surface area (Å²) in [6.07, 6.45) is 1.68. The Labute approximate surface area is 223 Å². The van der Waals surface area contributed by atoms with Crippen LogP contribution in [0.15, 0.2) is 23.8 Å². The molecule has 204 valence electrons. The lowest BCUT2D eigenvalue weighted by atomic mass is 9.44. The number of rotatable bonds is 4. The van der Waals surface area contributed by atoms with Crippen molar-refractivity contribution in [2.24, 2.45) is 28.6 Å². The number of alkyl halides is 3. The van der Waals surface area contributed by atoms with Crippen molar-refractivity contribution in [3.05, 3.63) is 23.8 Å². The molecule has 1 N–H and O–H groups in total. The predicted octanol–water partition coefficient (Wildman–Crippen LogP) is 4.92. The molecule has 0 aromatic carbocycles. The number of fused-ring (bicyclic) bond motifs is 5. The van der Waals surface area contributed by atoms with Crippen molar-refractivity contribution in [1.29, 1.82) is 0 Å². The van der Waals surface area contributed by atoms with E-state index in [9.17, 15) is 23.9 Å². The Balaban J connectivity index is 1.61. The van der Waals surface area contributed by atoms with Crippen molar-refractivity contribution < 1.29 is 37.4 Å². The summed E-state index contributed by atoms with van der Waals surface area (Å²) < 4.78 is 52.7. The monoisotopic (exact) mass is 558 g/mol. The van der Waals surface area contributed by atoms with Crippen LogP contribution < -0.4 is 0 Å². The zero-order valence-corrected chi connectivity index (χ0v) is 22.8. The van der Waals surface area contributed by atoms with Crippen LogP contribution >= 0.6 is 23.5 Å². The van der Waals surface area contributed by atoms with Crippen LogP contribution in [-0.2, 0) is 19.1 Å². The predicted molar refractivity (Wildman–Crippen MR) is 136 cm³/mol. The minimum atomic E-state index is -2.31. The Hall–Kier alpha value is -1.26. The van der Waals surface area contributed by atoms with Gasteiger partial charge in [-0.25, -0.2) is 13.2 Å². The molecule has 1 saturated heterocycles. The number of thioether (sulfide) groups is 2. The number of esters is 1. The minimum Gasteiger partial charge on any atom is -0.448 e. The molecule has 5 aliphatic rings. The van der Waals surface area contributed by atoms with E-state index in [1.165, 1.54) is 30.8 Å². The van der Waals surface area contributed by atoms with E-state index in [1.807, 2.05) is 0 Å². The molecule has 10 heteroatoms. The molecule has 0 radical (unpaired) electrons. The molecule has 10 atom stereocenters. The third-order valence-electron chi connectivity index (χ3n) is 10.1. The summed E-state index contributed by atoms with van der Waals surface area (Å²) in [7, 11) is 0. The molecule has 0 bridgehead atoms. The summed E-state index contributed by atoms with van der Waals surface area (Å²) in [5.41, 5.74) is -6.85. The molecule has 0 aromatic heterocycles. The lowest BCUT2D eigenvalue weighted by Crippen LogP contribution is -2.70. The summed E-state index contributed by atoms with van der Waals surface area (Å²) in [6.45, 7) is 4.96. The first-order valence-corrected chi connectivity index (χ1v) is 14.9. The van der Waals surface area contributed by atoms with Gasteiger partial charge in [0.15, 0.2) is 17.1 Å². The van der Waals surface area contributed by atoms with Gasteiger partial charge in [0.1, 0.15) is 17.4 Å². The fourth-order valence-corrected chi connectivity index (χ4v) is 10.3. The summed E-state index contributed by atoms with van der Waals surface area (Å²) in [5.74, 6) is -2.40. The number of ketones is 1. The molecule has 37 heavy (non-hydrogen) atoms. The molecule has 5 nitrogen and oxygen atoms in total. The van der Waals surface area contributed by atoms with E-state index in [4.69, 9.17) is 4.74 Å². The van der Waals surface area contributed by atoms with Gasteiger partial charge < -0.3 is 9.84 Å². The second-order valence-electron chi connectivity index (χ2n) is 11.7. The Bertz CT molecular complexity index is 1080. The number of hydrogen-bond donors (Lipinski definition) is 1. The van der Waals surface area contributed by atoms with Crippen molar-refractivity contribution in [3.63, 3.8) is 0 Å². The van der Waals surface area contributed by atoms with Crippen molar-refractivity contribution in [1.82, 2.24) is 0 Å². The highest BCUT2D eigenvalue weighted by Gasteiger charge is 2.78. The number of hydrogen-bond acceptors (Lipinski definition) is 7. The second kappa shape index (κ2) is 9.15. The minimum absolute atomic E-state index is 0.0208. The van der Waals surface area contributed by atoms with E-state index in [1.54, 1.807) is 13.8 Å². The maximum absolute atomic E-state index is 17.4. The van der Waals surface area contributed by atoms with E-state index in [0.29, 0.717) is 18.2 Å². The van der Waals surface area contributed by atoms with Crippen LogP contribution in [0.3, 0.4) is 0 Å². The van der Waals surface area contributed by atoms with Crippen LogP contribution in [0.4, 0.5) is 13.2 Å². The second-order valence-corrected chi connectivity index (χ2v) is 13.9. The highest BCUT2D eigenvalue weighted by Crippen LogP contribution is 2.72. The Kier molecular flexibility index (Phi) is 6.75. The van der Waals surface area contributed by atoms with Crippen LogP contribution in [0.25, 0.3) is 0 Å². The quantitative estimate of drug-likeness (QED) is 0.491. The molecule has 1 aliphatic heterocycles. The van der Waals surface area contributed by atoms with Crippen LogP contribution in [0.5, 0.6) is 0 Å². The Morgan fingerprint density at radius 1 is 1.27 bits per heavy atom. The summed E-state index contributed by atoms with van der Waals surface area (Å²) >= 11 is 1.87. The van der Waals surface area contributed by atoms with Crippen LogP contribution in [-0.4, -0.2) is 62.5 Å². The number of aliphatic hydroxyl groups is 1. The molecule has 5 rings (SSSR count). The molecule has 4 fully saturated rings. The molecular weight excluding hydrogens is 525 g/mol. The highest BCUT2D eigenvalue weighted by molar-refractivity contribution is 8.13. The number of allylic oxidation sites excluding steroid dienone is 4. The standard InChI is InChI=1S/C27H33F3O5S2/c1-14-9-16-17-11-19(29)18-10-15(31)6-7-24(18,2)26(17,30)21(32)12-25(16,3)27(14,23(34)37-13-28)35-22(33)20-5-4-8-36-20/h6-7,10,14,16-17,19-21,32H,4-5,8-9,11-13H2,1-3H3/t14?,16-,17-,19?,20?,21?,24-,25-,26?,27?/m0/s1. The number of carbonyl (C=O) groups is 3. The molecule has 0 spiro atoms. The maximum Gasteiger partial charge on any atom is 0.320 e. The number of carbonyl (C=O) groups excluding carboxylic acids is 3. The molecule has 3 saturated carbocycles. The Morgan fingerprint density at radius 2 is 2.00 bits per heavy atom. The first-order valence-electron chi connectivity index (χ1n) is 12.9. The van der Waals surface area contributed by atoms with Crippen LogP contribution in [0, 0.1) is 28.6 Å². The van der Waals surface area contributed by atoms with Gasteiger partial charge in [-0.05, 0) is 80.2 Å². The van der Waals surface area contributed by atoms with Gasteiger partial charge in [-0.1, -0.05) is 19.9 Å². The molecule has 6 unspecified atom stereocenters. The number of aliphatic hydroxyl groups excluding tert-OH is 1. The van der Waals surface area contributed by atoms with Gasteiger partial charge in [-0.15, -0.1) is 11.8 Å². The van der Waals surface area contributed by atoms with Gasteiger partial charge in [0, 0.05) is 22.7 Å². The third kappa shape index (κ3) is 3.53. The lowest BCUT2D eigenvalue weighted by Gasteiger charge is -2.63. The van der Waals surface area contributed by atoms with Crippen molar-refractivity contribution in [3.8, 4) is 0 Å². The molecule has 0 aromatic rings. The smallest absolute Gasteiger partial charge is 0.320 e. The van der Waals surface area contributed by atoms with Crippen molar-refractivity contribution >= 4 is 40.4 Å². The molecule has 4 aliphatic carbocycles. The average molecular weight is 559 g/mol. The normalized spacial score (nSPS) is 48.6. The summed E-state index contributed by atoms with van der Waals surface area (Å²) in [5, 5.41) is 10.4. The fraction of sp³-hybridized carbons (Fsp3) is 0.741. The van der Waals surface area contributed by atoms with Crippen molar-refractivity contribution in [2.45, 2.75) is 81.7 Å². The SMILES string of the molecule is CC1C[C@H]2[C@@H]3CC(F)C4=CC(=O)C=C[C@]4(C)C3(F)C(O)C[C@]2(C)C1(OC(=O)C1CCCS1)C(=O)SCF. The van der Waals surface area contributed by atoms with Gasteiger partial charge in [0.25, 0.3) is 0 Å². The van der Waals surface area contributed by atoms with E-state index in [0.717, 1.165) is 18.2 Å². The van der Waals surface area contributed by atoms with E-state index >= 15 is 8.78 Å². The largest absolute Gasteiger partial charge is 0.448 e. The van der Waals surface area contributed by atoms with Gasteiger partial charge >= 0.3 is 5.97 Å². The number of ether oxygens (including phenoxy) is 1. The zero-order valence-electron chi connectivity index (χ0n) is 21.2.